The molecular weight excluding hydrogens is 368 g/mol. The van der Waals surface area contributed by atoms with Crippen LogP contribution in [0.25, 0.3) is 27.9 Å². The van der Waals surface area contributed by atoms with Crippen LogP contribution in [0.4, 0.5) is 11.6 Å². The summed E-state index contributed by atoms with van der Waals surface area (Å²) >= 11 is 0. The maximum Gasteiger partial charge on any atom is 0.280 e. The molecule has 0 bridgehead atoms. The lowest BCUT2D eigenvalue weighted by molar-refractivity contribution is -0.384. The van der Waals surface area contributed by atoms with Gasteiger partial charge in [-0.2, -0.15) is 0 Å². The minimum Gasteiger partial charge on any atom is -0.342 e. The summed E-state index contributed by atoms with van der Waals surface area (Å²) in [5, 5.41) is 21.3. The van der Waals surface area contributed by atoms with Gasteiger partial charge >= 0.3 is 0 Å². The van der Waals surface area contributed by atoms with E-state index in [1.54, 1.807) is 18.2 Å². The van der Waals surface area contributed by atoms with Crippen LogP contribution in [0.1, 0.15) is 24.8 Å². The molecule has 0 amide bonds. The number of hydrogen-bond acceptors (Lipinski definition) is 6. The smallest absolute Gasteiger partial charge is 0.280 e. The fourth-order valence-electron chi connectivity index (χ4n) is 4.03. The van der Waals surface area contributed by atoms with Crippen molar-refractivity contribution in [3.8, 4) is 11.4 Å². The largest absolute Gasteiger partial charge is 0.342 e. The van der Waals surface area contributed by atoms with E-state index >= 15 is 0 Å². The molecule has 4 aromatic rings. The van der Waals surface area contributed by atoms with Gasteiger partial charge in [0, 0.05) is 24.5 Å². The molecule has 0 saturated carbocycles. The molecule has 5 rings (SSSR count). The molecule has 0 spiro atoms. The third kappa shape index (κ3) is 2.88. The van der Waals surface area contributed by atoms with Crippen LogP contribution >= 0.6 is 0 Å². The first-order valence-corrected chi connectivity index (χ1v) is 9.78. The Labute approximate surface area is 167 Å². The van der Waals surface area contributed by atoms with Crippen LogP contribution in [0, 0.1) is 17.0 Å². The molecule has 0 N–H and O–H groups in total. The minimum atomic E-state index is -0.379. The zero-order valence-corrected chi connectivity index (χ0v) is 16.1. The van der Waals surface area contributed by atoms with Gasteiger partial charge in [-0.1, -0.05) is 23.8 Å². The number of nitro benzene ring substituents is 1. The van der Waals surface area contributed by atoms with Crippen molar-refractivity contribution in [3.05, 3.63) is 58.1 Å². The summed E-state index contributed by atoms with van der Waals surface area (Å²) in [4.78, 5) is 18.4. The molecule has 1 aliphatic heterocycles. The van der Waals surface area contributed by atoms with Gasteiger partial charge in [-0.3, -0.25) is 10.1 Å². The Morgan fingerprint density at radius 3 is 2.62 bits per heavy atom. The van der Waals surface area contributed by atoms with Crippen molar-refractivity contribution < 1.29 is 4.92 Å². The van der Waals surface area contributed by atoms with E-state index in [-0.39, 0.29) is 10.6 Å². The molecule has 2 aromatic carbocycles. The van der Waals surface area contributed by atoms with Crippen molar-refractivity contribution in [1.82, 2.24) is 19.6 Å². The highest BCUT2D eigenvalue weighted by atomic mass is 16.6. The van der Waals surface area contributed by atoms with Crippen molar-refractivity contribution in [3.63, 3.8) is 0 Å². The molecular formula is C21H20N6O2. The summed E-state index contributed by atoms with van der Waals surface area (Å²) < 4.78 is 1.88. The summed E-state index contributed by atoms with van der Waals surface area (Å²) in [6, 6.07) is 12.7. The number of para-hydroxylation sites is 1. The molecule has 1 fully saturated rings. The number of fused-ring (bicyclic) bond motifs is 3. The van der Waals surface area contributed by atoms with Gasteiger partial charge in [-0.15, -0.1) is 10.2 Å². The number of nitro groups is 1. The second-order valence-corrected chi connectivity index (χ2v) is 7.44. The molecule has 8 heteroatoms. The zero-order valence-electron chi connectivity index (χ0n) is 16.1. The van der Waals surface area contributed by atoms with Crippen molar-refractivity contribution >= 4 is 28.2 Å². The van der Waals surface area contributed by atoms with E-state index in [2.05, 4.69) is 15.1 Å². The van der Waals surface area contributed by atoms with Crippen molar-refractivity contribution in [2.24, 2.45) is 0 Å². The Balaban J connectivity index is 1.86. The van der Waals surface area contributed by atoms with Crippen molar-refractivity contribution in [2.75, 3.05) is 18.0 Å². The lowest BCUT2D eigenvalue weighted by Gasteiger charge is -2.28. The molecule has 0 atom stereocenters. The fraction of sp³-hybridized carbons (Fsp3) is 0.286. The first-order valence-electron chi connectivity index (χ1n) is 9.78. The van der Waals surface area contributed by atoms with Gasteiger partial charge < -0.3 is 4.90 Å². The lowest BCUT2D eigenvalue weighted by Crippen LogP contribution is -2.32. The predicted molar refractivity (Wildman–Crippen MR) is 111 cm³/mol. The predicted octanol–water partition coefficient (Wildman–Crippen LogP) is 4.15. The van der Waals surface area contributed by atoms with E-state index in [1.807, 2.05) is 29.5 Å². The lowest BCUT2D eigenvalue weighted by atomic mass is 10.1. The van der Waals surface area contributed by atoms with Gasteiger partial charge in [-0.25, -0.2) is 9.38 Å². The zero-order chi connectivity index (χ0) is 20.0. The number of aromatic nitrogens is 4. The Kier molecular flexibility index (Phi) is 4.12. The first kappa shape index (κ1) is 17.5. The normalized spacial score (nSPS) is 14.6. The van der Waals surface area contributed by atoms with Crippen molar-refractivity contribution in [1.29, 1.82) is 0 Å². The molecule has 0 radical (unpaired) electrons. The number of nitrogens with zero attached hydrogens (tertiary/aromatic N) is 6. The van der Waals surface area contributed by atoms with Gasteiger partial charge in [0.05, 0.1) is 16.0 Å². The van der Waals surface area contributed by atoms with Crippen LogP contribution in [0.2, 0.25) is 0 Å². The van der Waals surface area contributed by atoms with Crippen LogP contribution in [-0.4, -0.2) is 37.6 Å². The third-order valence-corrected chi connectivity index (χ3v) is 5.46. The van der Waals surface area contributed by atoms with E-state index in [4.69, 9.17) is 4.98 Å². The molecule has 2 aromatic heterocycles. The highest BCUT2D eigenvalue weighted by Crippen LogP contribution is 2.33. The average Bonchev–Trinajstić information content (AvgIpc) is 3.19. The quantitative estimate of drug-likeness (QED) is 0.387. The Hall–Kier alpha value is -3.55. The summed E-state index contributed by atoms with van der Waals surface area (Å²) in [5.74, 6) is 1.19. The third-order valence-electron chi connectivity index (χ3n) is 5.46. The number of hydrogen-bond donors (Lipinski definition) is 0. The van der Waals surface area contributed by atoms with Crippen LogP contribution in [0.5, 0.6) is 0 Å². The molecule has 3 heterocycles. The Morgan fingerprint density at radius 2 is 1.83 bits per heavy atom. The topological polar surface area (TPSA) is 89.5 Å². The number of aryl methyl sites for hydroxylation is 1. The van der Waals surface area contributed by atoms with E-state index < -0.39 is 0 Å². The van der Waals surface area contributed by atoms with Crippen molar-refractivity contribution in [2.45, 2.75) is 26.2 Å². The minimum absolute atomic E-state index is 0.00994. The molecule has 8 nitrogen and oxygen atoms in total. The number of anilines is 1. The Morgan fingerprint density at radius 1 is 1.03 bits per heavy atom. The molecule has 29 heavy (non-hydrogen) atoms. The fourth-order valence-corrected chi connectivity index (χ4v) is 4.03. The highest BCUT2D eigenvalue weighted by molar-refractivity contribution is 5.94. The standard InChI is InChI=1S/C21H20N6O2/c1-14-9-10-17-16(13-14)20-24-23-19(15-7-3-4-8-18(15)27(28)29)26(20)21(22-17)25-11-5-2-6-12-25/h3-4,7-10,13H,2,5-6,11-12H2,1H3. The maximum absolute atomic E-state index is 11.6. The van der Waals surface area contributed by atoms with Crippen LogP contribution in [-0.2, 0) is 0 Å². The number of piperidine rings is 1. The summed E-state index contributed by atoms with van der Waals surface area (Å²) in [6.45, 7) is 3.82. The SMILES string of the molecule is Cc1ccc2nc(N3CCCCC3)n3c(-c4ccccc4[N+](=O)[O-])nnc3c2c1. The molecule has 0 aliphatic carbocycles. The van der Waals surface area contributed by atoms with Gasteiger partial charge in [0.25, 0.3) is 5.69 Å². The van der Waals surface area contributed by atoms with E-state index in [1.165, 1.54) is 12.5 Å². The molecule has 0 unspecified atom stereocenters. The summed E-state index contributed by atoms with van der Waals surface area (Å²) in [5.41, 5.74) is 3.08. The number of benzene rings is 2. The number of rotatable bonds is 3. The van der Waals surface area contributed by atoms with E-state index in [0.717, 1.165) is 48.3 Å². The summed E-state index contributed by atoms with van der Waals surface area (Å²) in [7, 11) is 0. The maximum atomic E-state index is 11.6. The van der Waals surface area contributed by atoms with Gasteiger partial charge in [0.2, 0.25) is 5.95 Å². The molecule has 1 aliphatic rings. The Bertz CT molecular complexity index is 1240. The van der Waals surface area contributed by atoms with E-state index in [0.29, 0.717) is 17.0 Å². The van der Waals surface area contributed by atoms with Gasteiger partial charge in [0.15, 0.2) is 11.5 Å². The monoisotopic (exact) mass is 388 g/mol. The van der Waals surface area contributed by atoms with E-state index in [9.17, 15) is 10.1 Å². The van der Waals surface area contributed by atoms with Crippen LogP contribution in [0.3, 0.4) is 0 Å². The van der Waals surface area contributed by atoms with Crippen LogP contribution < -0.4 is 4.90 Å². The second-order valence-electron chi connectivity index (χ2n) is 7.44. The van der Waals surface area contributed by atoms with Crippen LogP contribution in [0.15, 0.2) is 42.5 Å². The van der Waals surface area contributed by atoms with Gasteiger partial charge in [-0.05, 0) is 44.4 Å². The average molecular weight is 388 g/mol. The van der Waals surface area contributed by atoms with Gasteiger partial charge in [0.1, 0.15) is 0 Å². The second kappa shape index (κ2) is 6.80. The highest BCUT2D eigenvalue weighted by Gasteiger charge is 2.25. The molecule has 146 valence electrons. The molecule has 1 saturated heterocycles. The first-order chi connectivity index (χ1) is 14.1. The summed E-state index contributed by atoms with van der Waals surface area (Å²) in [6.07, 6.45) is 3.39.